The van der Waals surface area contributed by atoms with Crippen molar-refractivity contribution in [2.24, 2.45) is 5.92 Å². The average Bonchev–Trinajstić information content (AvgIpc) is 2.70. The molecule has 1 atom stereocenters. The molecule has 31 heavy (non-hydrogen) atoms. The van der Waals surface area contributed by atoms with Crippen LogP contribution in [0.2, 0.25) is 0 Å². The molecule has 2 aromatic carbocycles. The van der Waals surface area contributed by atoms with E-state index in [-0.39, 0.29) is 31.3 Å². The van der Waals surface area contributed by atoms with Gasteiger partial charge >= 0.3 is 0 Å². The number of amides is 3. The number of carbonyl (C=O) groups is 3. The molecule has 2 aromatic rings. The summed E-state index contributed by atoms with van der Waals surface area (Å²) in [7, 11) is 0. The number of halogens is 3. The van der Waals surface area contributed by atoms with Gasteiger partial charge in [0.2, 0.25) is 11.8 Å². The molecule has 0 aliphatic rings. The van der Waals surface area contributed by atoms with Gasteiger partial charge in [0.05, 0.1) is 6.42 Å². The van der Waals surface area contributed by atoms with Crippen molar-refractivity contribution in [3.8, 4) is 0 Å². The Morgan fingerprint density at radius 1 is 0.871 bits per heavy atom. The van der Waals surface area contributed by atoms with Crippen LogP contribution < -0.4 is 16.0 Å². The molecule has 0 spiro atoms. The SMILES string of the molecule is CC(C)[C@H](NC(=O)c1c(F)cccc1F)C(=O)NCCNC(=O)Cc1ccc(F)cc1. The fourth-order valence-corrected chi connectivity index (χ4v) is 2.81. The highest BCUT2D eigenvalue weighted by Gasteiger charge is 2.27. The summed E-state index contributed by atoms with van der Waals surface area (Å²) >= 11 is 0. The van der Waals surface area contributed by atoms with Crippen LogP contribution in [-0.2, 0) is 16.0 Å². The average molecular weight is 435 g/mol. The summed E-state index contributed by atoms with van der Waals surface area (Å²) in [5.74, 6) is -4.67. The lowest BCUT2D eigenvalue weighted by atomic mass is 10.0. The van der Waals surface area contributed by atoms with Crippen molar-refractivity contribution in [2.45, 2.75) is 26.3 Å². The molecule has 0 aromatic heterocycles. The van der Waals surface area contributed by atoms with Gasteiger partial charge in [-0.25, -0.2) is 13.2 Å². The first-order valence-electron chi connectivity index (χ1n) is 9.72. The van der Waals surface area contributed by atoms with Crippen LogP contribution in [0.4, 0.5) is 13.2 Å². The third kappa shape index (κ3) is 7.13. The first kappa shape index (κ1) is 23.9. The van der Waals surface area contributed by atoms with E-state index in [0.29, 0.717) is 5.56 Å². The van der Waals surface area contributed by atoms with E-state index in [1.807, 2.05) is 0 Å². The number of carbonyl (C=O) groups excluding carboxylic acids is 3. The van der Waals surface area contributed by atoms with Gasteiger partial charge in [-0.15, -0.1) is 0 Å². The Kier molecular flexibility index (Phi) is 8.60. The molecular formula is C22H24F3N3O3. The summed E-state index contributed by atoms with van der Waals surface area (Å²) in [4.78, 5) is 36.6. The molecular weight excluding hydrogens is 411 g/mol. The van der Waals surface area contributed by atoms with Crippen molar-refractivity contribution in [2.75, 3.05) is 13.1 Å². The zero-order valence-electron chi connectivity index (χ0n) is 17.2. The highest BCUT2D eigenvalue weighted by molar-refractivity contribution is 5.98. The van der Waals surface area contributed by atoms with E-state index < -0.39 is 40.9 Å². The van der Waals surface area contributed by atoms with Gasteiger partial charge in [-0.05, 0) is 35.7 Å². The summed E-state index contributed by atoms with van der Waals surface area (Å²) in [6, 6.07) is 7.55. The van der Waals surface area contributed by atoms with Crippen LogP contribution in [0.1, 0.15) is 29.8 Å². The third-order valence-electron chi connectivity index (χ3n) is 4.45. The third-order valence-corrected chi connectivity index (χ3v) is 4.45. The standard InChI is InChI=1S/C22H24F3N3O3/c1-13(2)20(28-21(30)19-16(24)4-3-5-17(19)25)22(31)27-11-10-26-18(29)12-14-6-8-15(23)9-7-14/h3-9,13,20H,10-12H2,1-2H3,(H,26,29)(H,27,31)(H,28,30)/t20-/m0/s1. The van der Waals surface area contributed by atoms with E-state index in [0.717, 1.165) is 18.2 Å². The molecule has 0 unspecified atom stereocenters. The van der Waals surface area contributed by atoms with E-state index >= 15 is 0 Å². The molecule has 0 bridgehead atoms. The van der Waals surface area contributed by atoms with E-state index in [4.69, 9.17) is 0 Å². The van der Waals surface area contributed by atoms with Gasteiger partial charge in [0.1, 0.15) is 29.1 Å². The second kappa shape index (κ2) is 11.1. The molecule has 3 amide bonds. The van der Waals surface area contributed by atoms with Crippen molar-refractivity contribution in [3.05, 3.63) is 71.0 Å². The quantitative estimate of drug-likeness (QED) is 0.529. The van der Waals surface area contributed by atoms with Crippen molar-refractivity contribution in [3.63, 3.8) is 0 Å². The molecule has 166 valence electrons. The number of hydrogen-bond donors (Lipinski definition) is 3. The summed E-state index contributed by atoms with van der Waals surface area (Å²) in [5, 5.41) is 7.54. The van der Waals surface area contributed by atoms with Crippen molar-refractivity contribution < 1.29 is 27.6 Å². The molecule has 0 aliphatic carbocycles. The lowest BCUT2D eigenvalue weighted by Crippen LogP contribution is -2.51. The lowest BCUT2D eigenvalue weighted by molar-refractivity contribution is -0.124. The Balaban J connectivity index is 1.83. The Labute approximate surface area is 178 Å². The number of hydrogen-bond acceptors (Lipinski definition) is 3. The topological polar surface area (TPSA) is 87.3 Å². The van der Waals surface area contributed by atoms with Crippen LogP contribution >= 0.6 is 0 Å². The Morgan fingerprint density at radius 3 is 2.03 bits per heavy atom. The maximum Gasteiger partial charge on any atom is 0.257 e. The van der Waals surface area contributed by atoms with Crippen LogP contribution in [0.15, 0.2) is 42.5 Å². The van der Waals surface area contributed by atoms with E-state index in [1.165, 1.54) is 24.3 Å². The maximum atomic E-state index is 13.8. The molecule has 9 heteroatoms. The predicted octanol–water partition coefficient (Wildman–Crippen LogP) is 2.33. The van der Waals surface area contributed by atoms with Gasteiger partial charge in [-0.3, -0.25) is 14.4 Å². The van der Waals surface area contributed by atoms with Gasteiger partial charge in [0, 0.05) is 13.1 Å². The molecule has 0 fully saturated rings. The van der Waals surface area contributed by atoms with Gasteiger partial charge in [-0.1, -0.05) is 32.0 Å². The second-order valence-corrected chi connectivity index (χ2v) is 7.24. The zero-order valence-corrected chi connectivity index (χ0v) is 17.2. The number of rotatable bonds is 9. The molecule has 0 aliphatic heterocycles. The zero-order chi connectivity index (χ0) is 23.0. The summed E-state index contributed by atoms with van der Waals surface area (Å²) in [6.45, 7) is 3.56. The molecule has 2 rings (SSSR count). The highest BCUT2D eigenvalue weighted by atomic mass is 19.1. The first-order valence-corrected chi connectivity index (χ1v) is 9.72. The van der Waals surface area contributed by atoms with Crippen molar-refractivity contribution >= 4 is 17.7 Å². The van der Waals surface area contributed by atoms with Crippen molar-refractivity contribution in [1.82, 2.24) is 16.0 Å². The van der Waals surface area contributed by atoms with E-state index in [2.05, 4.69) is 16.0 Å². The Bertz CT molecular complexity index is 913. The molecule has 3 N–H and O–H groups in total. The van der Waals surface area contributed by atoms with E-state index in [9.17, 15) is 27.6 Å². The largest absolute Gasteiger partial charge is 0.354 e. The molecule has 0 saturated carbocycles. The fraction of sp³-hybridized carbons (Fsp3) is 0.318. The lowest BCUT2D eigenvalue weighted by Gasteiger charge is -2.22. The molecule has 0 radical (unpaired) electrons. The van der Waals surface area contributed by atoms with Gasteiger partial charge < -0.3 is 16.0 Å². The summed E-state index contributed by atoms with van der Waals surface area (Å²) < 4.78 is 40.5. The van der Waals surface area contributed by atoms with Crippen LogP contribution in [-0.4, -0.2) is 36.9 Å². The summed E-state index contributed by atoms with van der Waals surface area (Å²) in [6.07, 6.45) is 0.0626. The molecule has 0 saturated heterocycles. The summed E-state index contributed by atoms with van der Waals surface area (Å²) in [5.41, 5.74) is -0.111. The molecule has 0 heterocycles. The Morgan fingerprint density at radius 2 is 1.45 bits per heavy atom. The van der Waals surface area contributed by atoms with Crippen LogP contribution in [0.5, 0.6) is 0 Å². The van der Waals surface area contributed by atoms with Crippen LogP contribution in [0, 0.1) is 23.4 Å². The highest BCUT2D eigenvalue weighted by Crippen LogP contribution is 2.13. The van der Waals surface area contributed by atoms with E-state index in [1.54, 1.807) is 13.8 Å². The van der Waals surface area contributed by atoms with Gasteiger partial charge in [-0.2, -0.15) is 0 Å². The van der Waals surface area contributed by atoms with Crippen LogP contribution in [0.3, 0.4) is 0 Å². The van der Waals surface area contributed by atoms with Gasteiger partial charge in [0.15, 0.2) is 0 Å². The smallest absolute Gasteiger partial charge is 0.257 e. The minimum atomic E-state index is -1.03. The Hall–Kier alpha value is -3.36. The molecule has 6 nitrogen and oxygen atoms in total. The fourth-order valence-electron chi connectivity index (χ4n) is 2.81. The van der Waals surface area contributed by atoms with Gasteiger partial charge in [0.25, 0.3) is 5.91 Å². The predicted molar refractivity (Wildman–Crippen MR) is 109 cm³/mol. The number of nitrogens with one attached hydrogen (secondary N) is 3. The normalized spacial score (nSPS) is 11.7. The minimum absolute atomic E-state index is 0.0626. The van der Waals surface area contributed by atoms with Crippen molar-refractivity contribution in [1.29, 1.82) is 0 Å². The number of benzene rings is 2. The monoisotopic (exact) mass is 435 g/mol. The second-order valence-electron chi connectivity index (χ2n) is 7.24. The maximum absolute atomic E-state index is 13.8. The van der Waals surface area contributed by atoms with Crippen LogP contribution in [0.25, 0.3) is 0 Å². The minimum Gasteiger partial charge on any atom is -0.354 e. The first-order chi connectivity index (χ1) is 14.7.